The summed E-state index contributed by atoms with van der Waals surface area (Å²) in [6, 6.07) is 7.98. The molecule has 7 heteroatoms. The van der Waals surface area contributed by atoms with Gasteiger partial charge in [-0.05, 0) is 55.3 Å². The van der Waals surface area contributed by atoms with Gasteiger partial charge in [0.2, 0.25) is 0 Å². The number of hydrogen-bond donors (Lipinski definition) is 2. The molecule has 0 radical (unpaired) electrons. The molecule has 0 aromatic heterocycles. The van der Waals surface area contributed by atoms with E-state index in [-0.39, 0.29) is 24.5 Å². The first kappa shape index (κ1) is 21.5. The van der Waals surface area contributed by atoms with Gasteiger partial charge in [0.25, 0.3) is 0 Å². The van der Waals surface area contributed by atoms with Gasteiger partial charge in [-0.2, -0.15) is 0 Å². The van der Waals surface area contributed by atoms with Crippen molar-refractivity contribution in [2.75, 3.05) is 20.3 Å². The fourth-order valence-corrected chi connectivity index (χ4v) is 2.40. The van der Waals surface area contributed by atoms with Crippen LogP contribution >= 0.6 is 0 Å². The average molecular weight is 390 g/mol. The van der Waals surface area contributed by atoms with E-state index in [9.17, 15) is 19.8 Å². The Morgan fingerprint density at radius 3 is 2.39 bits per heavy atom. The van der Waals surface area contributed by atoms with Crippen molar-refractivity contribution in [2.45, 2.75) is 33.3 Å². The van der Waals surface area contributed by atoms with Crippen LogP contribution in [0, 0.1) is 5.41 Å². The number of aromatic hydroxyl groups is 1. The molecule has 1 unspecified atom stereocenters. The molecular formula is C21H26O7. The zero-order valence-corrected chi connectivity index (χ0v) is 16.5. The second kappa shape index (κ2) is 8.93. The summed E-state index contributed by atoms with van der Waals surface area (Å²) < 4.78 is 15.5. The van der Waals surface area contributed by atoms with Crippen molar-refractivity contribution in [1.29, 1.82) is 0 Å². The predicted molar refractivity (Wildman–Crippen MR) is 103 cm³/mol. The lowest BCUT2D eigenvalue weighted by Gasteiger charge is -2.21. The van der Waals surface area contributed by atoms with Crippen LogP contribution in [0.3, 0.4) is 0 Å². The summed E-state index contributed by atoms with van der Waals surface area (Å²) in [7, 11) is 1.43. The van der Waals surface area contributed by atoms with E-state index >= 15 is 0 Å². The maximum Gasteiger partial charge on any atom is 0.342 e. The first-order chi connectivity index (χ1) is 13.2. The highest BCUT2D eigenvalue weighted by atomic mass is 16.6. The van der Waals surface area contributed by atoms with Crippen molar-refractivity contribution >= 4 is 22.7 Å². The number of rotatable bonds is 8. The van der Waals surface area contributed by atoms with E-state index in [4.69, 9.17) is 14.2 Å². The summed E-state index contributed by atoms with van der Waals surface area (Å²) in [5.74, 6) is -0.726. The fourth-order valence-electron chi connectivity index (χ4n) is 2.40. The standard InChI is InChI=1S/C21H26O7/c1-5-21(2,3)20(25)28-12-16(23)11-27-19(24)17-9-14-8-15(22)7-6-13(14)10-18(17)26-4/h6-10,16,22-23H,5,11-12H2,1-4H3. The van der Waals surface area contributed by atoms with E-state index in [0.29, 0.717) is 17.6 Å². The van der Waals surface area contributed by atoms with E-state index < -0.39 is 23.5 Å². The molecule has 2 aromatic carbocycles. The predicted octanol–water partition coefficient (Wildman–Crippen LogP) is 3.05. The Morgan fingerprint density at radius 2 is 1.75 bits per heavy atom. The summed E-state index contributed by atoms with van der Waals surface area (Å²) in [6.45, 7) is 4.78. The van der Waals surface area contributed by atoms with Crippen molar-refractivity contribution in [3.8, 4) is 11.5 Å². The number of benzene rings is 2. The minimum absolute atomic E-state index is 0.0734. The molecular weight excluding hydrogens is 364 g/mol. The molecule has 28 heavy (non-hydrogen) atoms. The molecule has 2 aromatic rings. The number of ether oxygens (including phenoxy) is 3. The Labute approximate surface area is 163 Å². The Balaban J connectivity index is 2.01. The van der Waals surface area contributed by atoms with Gasteiger partial charge in [-0.25, -0.2) is 4.79 Å². The van der Waals surface area contributed by atoms with Crippen LogP contribution in [0.2, 0.25) is 0 Å². The lowest BCUT2D eigenvalue weighted by Crippen LogP contribution is -2.31. The number of esters is 2. The average Bonchev–Trinajstić information content (AvgIpc) is 2.68. The van der Waals surface area contributed by atoms with E-state index in [0.717, 1.165) is 5.39 Å². The highest BCUT2D eigenvalue weighted by Gasteiger charge is 2.28. The topological polar surface area (TPSA) is 102 Å². The molecule has 2 N–H and O–H groups in total. The van der Waals surface area contributed by atoms with Crippen molar-refractivity contribution in [2.24, 2.45) is 5.41 Å². The normalized spacial score (nSPS) is 12.5. The molecule has 2 rings (SSSR count). The quantitative estimate of drug-likeness (QED) is 0.668. The van der Waals surface area contributed by atoms with Gasteiger partial charge in [-0.1, -0.05) is 13.0 Å². The summed E-state index contributed by atoms with van der Waals surface area (Å²) in [4.78, 5) is 24.3. The lowest BCUT2D eigenvalue weighted by molar-refractivity contribution is -0.157. The van der Waals surface area contributed by atoms with Crippen LogP contribution < -0.4 is 4.74 Å². The van der Waals surface area contributed by atoms with Crippen LogP contribution in [0.25, 0.3) is 10.8 Å². The molecule has 0 saturated carbocycles. The number of aliphatic hydroxyl groups is 1. The summed E-state index contributed by atoms with van der Waals surface area (Å²) in [5, 5.41) is 21.0. The molecule has 0 bridgehead atoms. The third-order valence-electron chi connectivity index (χ3n) is 4.61. The van der Waals surface area contributed by atoms with Crippen LogP contribution in [-0.4, -0.2) is 48.6 Å². The zero-order chi connectivity index (χ0) is 20.9. The number of hydrogen-bond acceptors (Lipinski definition) is 7. The minimum Gasteiger partial charge on any atom is -0.508 e. The number of carbonyl (C=O) groups is 2. The summed E-state index contributed by atoms with van der Waals surface area (Å²) >= 11 is 0. The molecule has 0 aliphatic rings. The van der Waals surface area contributed by atoms with Gasteiger partial charge in [0, 0.05) is 0 Å². The van der Waals surface area contributed by atoms with Gasteiger partial charge < -0.3 is 24.4 Å². The Morgan fingerprint density at radius 1 is 1.07 bits per heavy atom. The Bertz CT molecular complexity index is 857. The van der Waals surface area contributed by atoms with Crippen molar-refractivity contribution in [1.82, 2.24) is 0 Å². The lowest BCUT2D eigenvalue weighted by atomic mass is 9.91. The molecule has 7 nitrogen and oxygen atoms in total. The monoisotopic (exact) mass is 390 g/mol. The van der Waals surface area contributed by atoms with Gasteiger partial charge >= 0.3 is 11.9 Å². The first-order valence-electron chi connectivity index (χ1n) is 9.01. The number of fused-ring (bicyclic) bond motifs is 1. The van der Waals surface area contributed by atoms with Crippen molar-refractivity contribution in [3.05, 3.63) is 35.9 Å². The molecule has 0 fully saturated rings. The number of carbonyl (C=O) groups excluding carboxylic acids is 2. The van der Waals surface area contributed by atoms with E-state index in [1.54, 1.807) is 32.0 Å². The van der Waals surface area contributed by atoms with Gasteiger partial charge in [0.05, 0.1) is 12.5 Å². The van der Waals surface area contributed by atoms with E-state index in [1.807, 2.05) is 6.92 Å². The Kier molecular flexibility index (Phi) is 6.85. The number of aliphatic hydroxyl groups excluding tert-OH is 1. The van der Waals surface area contributed by atoms with Crippen LogP contribution in [0.15, 0.2) is 30.3 Å². The van der Waals surface area contributed by atoms with E-state index in [1.165, 1.54) is 19.2 Å². The smallest absolute Gasteiger partial charge is 0.342 e. The molecule has 0 aliphatic carbocycles. The number of phenols is 1. The van der Waals surface area contributed by atoms with Gasteiger partial charge in [0.15, 0.2) is 0 Å². The highest BCUT2D eigenvalue weighted by Crippen LogP contribution is 2.29. The minimum atomic E-state index is -1.14. The van der Waals surface area contributed by atoms with Crippen molar-refractivity contribution < 1.29 is 34.0 Å². The SMILES string of the molecule is CCC(C)(C)C(=O)OCC(O)COC(=O)c1cc2cc(O)ccc2cc1OC. The van der Waals surface area contributed by atoms with Gasteiger partial charge in [-0.15, -0.1) is 0 Å². The summed E-state index contributed by atoms with van der Waals surface area (Å²) in [5.41, 5.74) is -0.475. The molecule has 0 heterocycles. The molecule has 0 amide bonds. The third-order valence-corrected chi connectivity index (χ3v) is 4.61. The second-order valence-electron chi connectivity index (χ2n) is 7.17. The second-order valence-corrected chi connectivity index (χ2v) is 7.17. The van der Waals surface area contributed by atoms with Gasteiger partial charge in [0.1, 0.15) is 36.4 Å². The summed E-state index contributed by atoms with van der Waals surface area (Å²) in [6.07, 6.45) is -0.537. The number of phenolic OH excluding ortho intramolecular Hbond substituents is 1. The molecule has 1 atom stereocenters. The van der Waals surface area contributed by atoms with E-state index in [2.05, 4.69) is 0 Å². The van der Waals surface area contributed by atoms with Crippen molar-refractivity contribution in [3.63, 3.8) is 0 Å². The third kappa shape index (κ3) is 5.13. The number of methoxy groups -OCH3 is 1. The van der Waals surface area contributed by atoms with Crippen LogP contribution in [-0.2, 0) is 14.3 Å². The largest absolute Gasteiger partial charge is 0.508 e. The zero-order valence-electron chi connectivity index (χ0n) is 16.5. The molecule has 0 saturated heterocycles. The Hall–Kier alpha value is -2.80. The maximum atomic E-state index is 12.4. The van der Waals surface area contributed by atoms with Crippen LogP contribution in [0.1, 0.15) is 37.6 Å². The highest BCUT2D eigenvalue weighted by molar-refractivity contribution is 5.99. The first-order valence-corrected chi connectivity index (χ1v) is 9.01. The van der Waals surface area contributed by atoms with Crippen LogP contribution in [0.5, 0.6) is 11.5 Å². The van der Waals surface area contributed by atoms with Crippen LogP contribution in [0.4, 0.5) is 0 Å². The molecule has 152 valence electrons. The molecule has 0 aliphatic heterocycles. The maximum absolute atomic E-state index is 12.4. The molecule has 0 spiro atoms. The fraction of sp³-hybridized carbons (Fsp3) is 0.429. The van der Waals surface area contributed by atoms with Gasteiger partial charge in [-0.3, -0.25) is 4.79 Å².